The van der Waals surface area contributed by atoms with E-state index in [9.17, 15) is 9.59 Å². The first kappa shape index (κ1) is 9.22. The molecule has 17 heavy (non-hydrogen) atoms. The Morgan fingerprint density at radius 2 is 1.59 bits per heavy atom. The van der Waals surface area contributed by atoms with E-state index in [-0.39, 0.29) is 34.9 Å². The molecule has 4 nitrogen and oxygen atoms in total. The number of ketones is 2. The lowest BCUT2D eigenvalue weighted by Crippen LogP contribution is -2.51. The molecule has 5 bridgehead atoms. The summed E-state index contributed by atoms with van der Waals surface area (Å²) in [5.74, 6) is 0.879. The lowest BCUT2D eigenvalue weighted by atomic mass is 9.62. The minimum Gasteiger partial charge on any atom is -0.353 e. The summed E-state index contributed by atoms with van der Waals surface area (Å²) in [5, 5.41) is 0. The molecule has 4 heteroatoms. The second-order valence-corrected chi connectivity index (χ2v) is 6.33. The predicted molar refractivity (Wildman–Crippen MR) is 54.8 cm³/mol. The Labute approximate surface area is 98.6 Å². The maximum absolute atomic E-state index is 12.4. The number of Topliss-reactive ketones (excluding diaryl/α,β-unsaturated/α-hetero) is 2. The molecule has 0 aromatic carbocycles. The zero-order valence-corrected chi connectivity index (χ0v) is 9.80. The molecule has 0 aromatic rings. The Morgan fingerprint density at radius 3 is 2.18 bits per heavy atom. The monoisotopic (exact) mass is 234 g/mol. The van der Waals surface area contributed by atoms with Gasteiger partial charge in [-0.1, -0.05) is 0 Å². The topological polar surface area (TPSA) is 52.6 Å². The summed E-state index contributed by atoms with van der Waals surface area (Å²) in [5.41, 5.74) is -0.258. The maximum Gasteiger partial charge on any atom is 0.175 e. The Hall–Kier alpha value is -0.740. The van der Waals surface area contributed by atoms with E-state index in [0.717, 1.165) is 0 Å². The number of methoxy groups -OCH3 is 2. The second-order valence-electron chi connectivity index (χ2n) is 6.33. The van der Waals surface area contributed by atoms with Crippen LogP contribution >= 0.6 is 0 Å². The fourth-order valence-electron chi connectivity index (χ4n) is 6.43. The largest absolute Gasteiger partial charge is 0.353 e. The minimum atomic E-state index is -0.642. The van der Waals surface area contributed by atoms with Crippen molar-refractivity contribution in [2.45, 2.75) is 12.2 Å². The normalized spacial score (nSPS) is 62.7. The predicted octanol–water partition coefficient (Wildman–Crippen LogP) is 0.255. The third-order valence-corrected chi connectivity index (χ3v) is 6.57. The summed E-state index contributed by atoms with van der Waals surface area (Å²) < 4.78 is 11.3. The van der Waals surface area contributed by atoms with Gasteiger partial charge in [0, 0.05) is 49.7 Å². The van der Waals surface area contributed by atoms with Gasteiger partial charge in [0.2, 0.25) is 0 Å². The molecule has 6 rings (SSSR count). The Bertz CT molecular complexity index is 472. The van der Waals surface area contributed by atoms with Gasteiger partial charge in [0.15, 0.2) is 5.79 Å². The summed E-state index contributed by atoms with van der Waals surface area (Å²) >= 11 is 0. The van der Waals surface area contributed by atoms with Gasteiger partial charge in [-0.25, -0.2) is 0 Å². The smallest absolute Gasteiger partial charge is 0.175 e. The van der Waals surface area contributed by atoms with E-state index in [1.54, 1.807) is 14.2 Å². The summed E-state index contributed by atoms with van der Waals surface area (Å²) in [7, 11) is 3.30. The first-order valence-electron chi connectivity index (χ1n) is 6.32. The van der Waals surface area contributed by atoms with Crippen molar-refractivity contribution in [3.63, 3.8) is 0 Å². The fraction of sp³-hybridized carbons (Fsp3) is 0.846. The highest BCUT2D eigenvalue weighted by atomic mass is 16.7. The molecule has 0 aliphatic heterocycles. The van der Waals surface area contributed by atoms with Gasteiger partial charge < -0.3 is 9.47 Å². The number of hydrogen-bond acceptors (Lipinski definition) is 4. The van der Waals surface area contributed by atoms with Crippen LogP contribution in [0.2, 0.25) is 0 Å². The van der Waals surface area contributed by atoms with Crippen molar-refractivity contribution >= 4 is 11.6 Å². The number of rotatable bonds is 2. The van der Waals surface area contributed by atoms with Gasteiger partial charge in [-0.2, -0.15) is 0 Å². The van der Waals surface area contributed by atoms with Crippen LogP contribution in [-0.2, 0) is 19.1 Å². The molecule has 7 atom stereocenters. The molecule has 7 unspecified atom stereocenters. The van der Waals surface area contributed by atoms with Crippen molar-refractivity contribution in [3.8, 4) is 0 Å². The van der Waals surface area contributed by atoms with Crippen LogP contribution in [0.4, 0.5) is 0 Å². The van der Waals surface area contributed by atoms with E-state index in [1.165, 1.54) is 0 Å². The Kier molecular flexibility index (Phi) is 1.15. The van der Waals surface area contributed by atoms with Crippen LogP contribution in [-0.4, -0.2) is 31.6 Å². The lowest BCUT2D eigenvalue weighted by molar-refractivity contribution is -0.250. The van der Waals surface area contributed by atoms with Crippen molar-refractivity contribution in [2.24, 2.45) is 40.9 Å². The average Bonchev–Trinajstić information content (AvgIpc) is 2.72. The minimum absolute atomic E-state index is 0.0869. The van der Waals surface area contributed by atoms with E-state index in [4.69, 9.17) is 9.47 Å². The molecule has 6 saturated carbocycles. The van der Waals surface area contributed by atoms with Gasteiger partial charge in [-0.15, -0.1) is 0 Å². The number of ether oxygens (including phenoxy) is 2. The third kappa shape index (κ3) is 0.544. The molecule has 0 N–H and O–H groups in total. The first-order valence-corrected chi connectivity index (χ1v) is 6.32. The Balaban J connectivity index is 1.79. The third-order valence-electron chi connectivity index (χ3n) is 6.57. The lowest BCUT2D eigenvalue weighted by Gasteiger charge is -2.41. The van der Waals surface area contributed by atoms with E-state index in [0.29, 0.717) is 24.0 Å². The van der Waals surface area contributed by atoms with Gasteiger partial charge in [0.25, 0.3) is 0 Å². The quantitative estimate of drug-likeness (QED) is 0.643. The second kappa shape index (κ2) is 2.12. The molecule has 0 heterocycles. The van der Waals surface area contributed by atoms with Crippen molar-refractivity contribution in [1.82, 2.24) is 0 Å². The van der Waals surface area contributed by atoms with Crippen LogP contribution in [0, 0.1) is 40.9 Å². The number of hydrogen-bond donors (Lipinski definition) is 0. The SMILES string of the molecule is COC1(OC)C2C3C(=O)CC45C(=O)C3C1C4C25. The molecular formula is C13H14O4. The van der Waals surface area contributed by atoms with Crippen molar-refractivity contribution in [1.29, 1.82) is 0 Å². The van der Waals surface area contributed by atoms with Gasteiger partial charge in [-0.3, -0.25) is 9.59 Å². The molecule has 1 spiro atoms. The molecule has 6 fully saturated rings. The van der Waals surface area contributed by atoms with Gasteiger partial charge in [0.1, 0.15) is 11.6 Å². The van der Waals surface area contributed by atoms with E-state index in [2.05, 4.69) is 0 Å². The van der Waals surface area contributed by atoms with Gasteiger partial charge >= 0.3 is 0 Å². The van der Waals surface area contributed by atoms with E-state index in [1.807, 2.05) is 0 Å². The van der Waals surface area contributed by atoms with Crippen LogP contribution in [0.25, 0.3) is 0 Å². The summed E-state index contributed by atoms with van der Waals surface area (Å²) in [4.78, 5) is 24.6. The highest BCUT2D eigenvalue weighted by Crippen LogP contribution is 2.91. The van der Waals surface area contributed by atoms with E-state index < -0.39 is 5.79 Å². The molecule has 90 valence electrons. The molecule has 0 radical (unpaired) electrons. The van der Waals surface area contributed by atoms with Crippen LogP contribution < -0.4 is 0 Å². The van der Waals surface area contributed by atoms with E-state index >= 15 is 0 Å². The first-order chi connectivity index (χ1) is 8.15. The molecule has 0 saturated heterocycles. The molecule has 0 amide bonds. The van der Waals surface area contributed by atoms with Crippen LogP contribution in [0.3, 0.4) is 0 Å². The molecule has 6 aliphatic rings. The fourth-order valence-corrected chi connectivity index (χ4v) is 6.43. The van der Waals surface area contributed by atoms with Crippen LogP contribution in [0.5, 0.6) is 0 Å². The van der Waals surface area contributed by atoms with Crippen molar-refractivity contribution < 1.29 is 19.1 Å². The number of fused-ring (bicyclic) bond motifs is 1. The van der Waals surface area contributed by atoms with Gasteiger partial charge in [-0.05, 0) is 11.8 Å². The van der Waals surface area contributed by atoms with Crippen LogP contribution in [0.1, 0.15) is 6.42 Å². The highest BCUT2D eigenvalue weighted by molar-refractivity contribution is 6.09. The van der Waals surface area contributed by atoms with Crippen molar-refractivity contribution in [3.05, 3.63) is 0 Å². The zero-order chi connectivity index (χ0) is 11.7. The Morgan fingerprint density at radius 1 is 1.00 bits per heavy atom. The van der Waals surface area contributed by atoms with Gasteiger partial charge in [0.05, 0.1) is 0 Å². The molecular weight excluding hydrogens is 220 g/mol. The van der Waals surface area contributed by atoms with Crippen molar-refractivity contribution in [2.75, 3.05) is 14.2 Å². The molecule has 0 aromatic heterocycles. The zero-order valence-electron chi connectivity index (χ0n) is 9.80. The average molecular weight is 234 g/mol. The number of carbonyl (C=O) groups is 2. The summed E-state index contributed by atoms with van der Waals surface area (Å²) in [6.07, 6.45) is 0.513. The number of carbonyl (C=O) groups excluding carboxylic acids is 2. The summed E-state index contributed by atoms with van der Waals surface area (Å²) in [6, 6.07) is 0. The van der Waals surface area contributed by atoms with Crippen LogP contribution in [0.15, 0.2) is 0 Å². The highest BCUT2D eigenvalue weighted by Gasteiger charge is 2.98. The maximum atomic E-state index is 12.4. The molecule has 6 aliphatic carbocycles. The summed E-state index contributed by atoms with van der Waals surface area (Å²) in [6.45, 7) is 0. The standard InChI is InChI=1S/C13H14O4/c1-16-13(17-2)7-5-4(14)3-12-9(7)10(12)8(13)6(5)11(12)15/h5-10H,3H2,1-2H3.